The highest BCUT2D eigenvalue weighted by Gasteiger charge is 2.38. The smallest absolute Gasteiger partial charge is 0.419 e. The largest absolute Gasteiger partial charge is 0.426 e. The third kappa shape index (κ3) is 12.0. The van der Waals surface area contributed by atoms with Crippen LogP contribution in [0, 0.1) is 0 Å². The molecule has 4 N–H and O–H groups in total. The number of ether oxygens (including phenoxy) is 4. The van der Waals surface area contributed by atoms with Crippen molar-refractivity contribution >= 4 is 75.7 Å². The highest BCUT2D eigenvalue weighted by molar-refractivity contribution is 9.11. The Bertz CT molecular complexity index is 1970. The van der Waals surface area contributed by atoms with Crippen LogP contribution in [0.4, 0.5) is 0 Å². The molecular formula is C46H40Br4N2O6. The molecule has 298 valence electrons. The number of hydrogen-bond acceptors (Lipinski definition) is 8. The molecule has 0 amide bonds. The first-order valence-electron chi connectivity index (χ1n) is 18.3. The van der Waals surface area contributed by atoms with E-state index in [2.05, 4.69) is 63.7 Å². The SMILES string of the molecule is NC(C(OCc1cc(Br)cc(Br)c1)OC(=O)C(=O)OC(OCc1cc(Br)cc(Br)c1)C(N)C(c1ccccc1)c1ccccc1)C(c1ccccc1)c1ccccc1. The van der Waals surface area contributed by atoms with Crippen LogP contribution in [0.3, 0.4) is 0 Å². The van der Waals surface area contributed by atoms with Gasteiger partial charge in [0.05, 0.1) is 25.3 Å². The Morgan fingerprint density at radius 3 is 0.948 bits per heavy atom. The first-order chi connectivity index (χ1) is 28.0. The minimum absolute atomic E-state index is 0.00364. The standard InChI is InChI=1S/C46H40Br4N2O6/c47-35-21-29(22-36(48)25-35)27-55-45(41(51)39(31-13-5-1-6-14-31)32-15-7-2-8-16-32)57-43(53)44(54)58-46(56-28-30-23-37(49)26-38(50)24-30)42(52)40(33-17-9-3-10-18-33)34-19-11-4-12-20-34/h1-26,39-42,45-46H,27-28,51-52H2. The van der Waals surface area contributed by atoms with Gasteiger partial charge in [-0.3, -0.25) is 0 Å². The molecule has 0 aromatic heterocycles. The zero-order valence-corrected chi connectivity index (χ0v) is 37.3. The summed E-state index contributed by atoms with van der Waals surface area (Å²) >= 11 is 14.1. The third-order valence-electron chi connectivity index (χ3n) is 9.32. The van der Waals surface area contributed by atoms with Gasteiger partial charge in [0, 0.05) is 29.7 Å². The maximum Gasteiger partial charge on any atom is 0.419 e. The van der Waals surface area contributed by atoms with Gasteiger partial charge >= 0.3 is 11.9 Å². The lowest BCUT2D eigenvalue weighted by Crippen LogP contribution is -2.48. The average molecular weight is 1040 g/mol. The van der Waals surface area contributed by atoms with Crippen molar-refractivity contribution in [2.45, 2.75) is 49.7 Å². The molecule has 8 nitrogen and oxygen atoms in total. The number of nitrogens with two attached hydrogens (primary N) is 2. The monoisotopic (exact) mass is 1030 g/mol. The molecule has 0 heterocycles. The Morgan fingerprint density at radius 1 is 0.431 bits per heavy atom. The minimum atomic E-state index is -1.41. The molecule has 0 radical (unpaired) electrons. The zero-order valence-electron chi connectivity index (χ0n) is 31.0. The van der Waals surface area contributed by atoms with E-state index in [0.29, 0.717) is 0 Å². The van der Waals surface area contributed by atoms with E-state index in [-0.39, 0.29) is 13.2 Å². The van der Waals surface area contributed by atoms with E-state index in [4.69, 9.17) is 30.4 Å². The molecular weight excluding hydrogens is 996 g/mol. The summed E-state index contributed by atoms with van der Waals surface area (Å²) in [5.41, 5.74) is 19.0. The molecule has 4 atom stereocenters. The highest BCUT2D eigenvalue weighted by Crippen LogP contribution is 2.33. The Labute approximate surface area is 371 Å². The summed E-state index contributed by atoms with van der Waals surface area (Å²) in [5.74, 6) is -3.62. The summed E-state index contributed by atoms with van der Waals surface area (Å²) in [4.78, 5) is 27.9. The van der Waals surface area contributed by atoms with Crippen molar-refractivity contribution in [1.82, 2.24) is 0 Å². The number of esters is 2. The summed E-state index contributed by atoms with van der Waals surface area (Å²) in [6.07, 6.45) is -2.81. The molecule has 0 spiro atoms. The van der Waals surface area contributed by atoms with E-state index in [1.807, 2.05) is 158 Å². The van der Waals surface area contributed by atoms with Crippen molar-refractivity contribution < 1.29 is 28.5 Å². The number of rotatable bonds is 16. The summed E-state index contributed by atoms with van der Waals surface area (Å²) in [6.45, 7) is 0.00728. The molecule has 12 heteroatoms. The normalized spacial score (nSPS) is 13.4. The van der Waals surface area contributed by atoms with E-state index in [0.717, 1.165) is 51.3 Å². The summed E-state index contributed by atoms with van der Waals surface area (Å²) in [6, 6.07) is 47.8. The molecule has 6 aromatic carbocycles. The van der Waals surface area contributed by atoms with Crippen LogP contribution in [-0.4, -0.2) is 36.6 Å². The van der Waals surface area contributed by atoms with Gasteiger partial charge in [-0.05, 0) is 69.8 Å². The number of carbonyl (C=O) groups is 2. The van der Waals surface area contributed by atoms with Crippen LogP contribution in [-0.2, 0) is 41.8 Å². The van der Waals surface area contributed by atoms with E-state index in [1.165, 1.54) is 0 Å². The van der Waals surface area contributed by atoms with Crippen LogP contribution in [0.15, 0.2) is 176 Å². The number of carbonyl (C=O) groups excluding carboxylic acids is 2. The Hall–Kier alpha value is -3.98. The van der Waals surface area contributed by atoms with Gasteiger partial charge in [-0.25, -0.2) is 9.59 Å². The van der Waals surface area contributed by atoms with E-state index >= 15 is 0 Å². The fraction of sp³-hybridized carbons (Fsp3) is 0.174. The fourth-order valence-electron chi connectivity index (χ4n) is 6.73. The second-order valence-electron chi connectivity index (χ2n) is 13.5. The van der Waals surface area contributed by atoms with Gasteiger partial charge in [-0.15, -0.1) is 0 Å². The van der Waals surface area contributed by atoms with Gasteiger partial charge in [-0.2, -0.15) is 0 Å². The molecule has 0 aliphatic heterocycles. The van der Waals surface area contributed by atoms with Crippen molar-refractivity contribution in [2.24, 2.45) is 11.5 Å². The molecule has 0 saturated heterocycles. The Balaban J connectivity index is 1.30. The van der Waals surface area contributed by atoms with E-state index in [9.17, 15) is 9.59 Å². The predicted molar refractivity (Wildman–Crippen MR) is 238 cm³/mol. The molecule has 6 rings (SSSR count). The molecule has 0 aliphatic carbocycles. The molecule has 0 saturated carbocycles. The first kappa shape index (κ1) is 43.6. The van der Waals surface area contributed by atoms with Gasteiger partial charge in [0.2, 0.25) is 12.6 Å². The maximum atomic E-state index is 13.9. The Kier molecular flexibility index (Phi) is 16.0. The molecule has 58 heavy (non-hydrogen) atoms. The molecule has 0 bridgehead atoms. The first-order valence-corrected chi connectivity index (χ1v) is 21.5. The topological polar surface area (TPSA) is 123 Å². The van der Waals surface area contributed by atoms with Crippen LogP contribution in [0.5, 0.6) is 0 Å². The lowest BCUT2D eigenvalue weighted by molar-refractivity contribution is -0.211. The molecule has 0 aliphatic rings. The van der Waals surface area contributed by atoms with Gasteiger partial charge < -0.3 is 30.4 Å². The second kappa shape index (κ2) is 21.3. The van der Waals surface area contributed by atoms with Gasteiger partial charge in [0.1, 0.15) is 0 Å². The van der Waals surface area contributed by atoms with Crippen LogP contribution < -0.4 is 11.5 Å². The van der Waals surface area contributed by atoms with Gasteiger partial charge in [-0.1, -0.05) is 185 Å². The fourth-order valence-corrected chi connectivity index (χ4v) is 9.51. The summed E-state index contributed by atoms with van der Waals surface area (Å²) in [7, 11) is 0. The van der Waals surface area contributed by atoms with Crippen molar-refractivity contribution in [2.75, 3.05) is 0 Å². The zero-order chi connectivity index (χ0) is 41.0. The van der Waals surface area contributed by atoms with E-state index in [1.54, 1.807) is 0 Å². The average Bonchev–Trinajstić information content (AvgIpc) is 3.22. The van der Waals surface area contributed by atoms with Crippen molar-refractivity contribution in [3.05, 3.63) is 209 Å². The van der Waals surface area contributed by atoms with Crippen molar-refractivity contribution in [1.29, 1.82) is 0 Å². The van der Waals surface area contributed by atoms with Crippen LogP contribution in [0.25, 0.3) is 0 Å². The van der Waals surface area contributed by atoms with Crippen LogP contribution in [0.1, 0.15) is 45.2 Å². The molecule has 0 fully saturated rings. The summed E-state index contributed by atoms with van der Waals surface area (Å²) < 4.78 is 27.6. The number of benzene rings is 6. The Morgan fingerprint density at radius 2 is 0.690 bits per heavy atom. The van der Waals surface area contributed by atoms with E-state index < -0.39 is 48.4 Å². The quantitative estimate of drug-likeness (QED) is 0.0558. The lowest BCUT2D eigenvalue weighted by atomic mass is 9.85. The second-order valence-corrected chi connectivity index (χ2v) is 17.1. The maximum absolute atomic E-state index is 13.9. The highest BCUT2D eigenvalue weighted by atomic mass is 79.9. The van der Waals surface area contributed by atoms with Crippen molar-refractivity contribution in [3.63, 3.8) is 0 Å². The number of halogens is 4. The predicted octanol–water partition coefficient (Wildman–Crippen LogP) is 10.5. The third-order valence-corrected chi connectivity index (χ3v) is 11.2. The molecule has 4 unspecified atom stereocenters. The van der Waals surface area contributed by atoms with Crippen LogP contribution in [0.2, 0.25) is 0 Å². The molecule has 6 aromatic rings. The van der Waals surface area contributed by atoms with Gasteiger partial charge in [0.25, 0.3) is 0 Å². The van der Waals surface area contributed by atoms with Crippen molar-refractivity contribution in [3.8, 4) is 0 Å². The number of hydrogen-bond donors (Lipinski definition) is 2. The minimum Gasteiger partial charge on any atom is -0.426 e. The lowest BCUT2D eigenvalue weighted by Gasteiger charge is -2.32. The summed E-state index contributed by atoms with van der Waals surface area (Å²) in [5, 5.41) is 0. The van der Waals surface area contributed by atoms with Gasteiger partial charge in [0.15, 0.2) is 0 Å². The van der Waals surface area contributed by atoms with Crippen LogP contribution >= 0.6 is 63.7 Å².